The molecule has 4 atom stereocenters. The molecule has 1 aliphatic carbocycles. The van der Waals surface area contributed by atoms with Gasteiger partial charge in [-0.1, -0.05) is 0 Å². The Morgan fingerprint density at radius 2 is 1.50 bits per heavy atom. The molecule has 1 N–H and O–H groups in total. The largest absolute Gasteiger partial charge is 0.550 e. The van der Waals surface area contributed by atoms with E-state index in [1.807, 2.05) is 28.8 Å². The fourth-order valence-corrected chi connectivity index (χ4v) is 5.75. The van der Waals surface area contributed by atoms with Gasteiger partial charge in [-0.2, -0.15) is 4.57 Å². The van der Waals surface area contributed by atoms with Crippen molar-refractivity contribution in [2.75, 3.05) is 13.6 Å². The number of aromatic nitrogens is 1. The lowest BCUT2D eigenvalue weighted by molar-refractivity contribution is -0.714. The lowest BCUT2D eigenvalue weighted by Crippen LogP contribution is -2.64. The third-order valence-corrected chi connectivity index (χ3v) is 6.97. The molecule has 160 valence electrons. The highest BCUT2D eigenvalue weighted by atomic mass is 16.7. The maximum absolute atomic E-state index is 12.3. The molecule has 0 radical (unpaired) electrons. The summed E-state index contributed by atoms with van der Waals surface area (Å²) < 4.78 is 24.0. The Hall–Kier alpha value is -4.01. The molecule has 9 nitrogen and oxygen atoms in total. The smallest absolute Gasteiger partial charge is 0.308 e. The van der Waals surface area contributed by atoms with Crippen molar-refractivity contribution in [3.05, 3.63) is 53.2 Å². The fourth-order valence-electron chi connectivity index (χ4n) is 5.75. The SMILES string of the molecule is O=C(O)[C@@H]1[C@H]2c3cc4c(cc3[C@@H]([C@H]1C(=O)[O-])[n+]1c2ccc2cc3c(cc21)OCO3)OCO4. The average molecular weight is 433 g/mol. The first-order valence-corrected chi connectivity index (χ1v) is 10.2. The van der Waals surface area contributed by atoms with Gasteiger partial charge in [0.2, 0.25) is 19.1 Å². The Morgan fingerprint density at radius 1 is 0.875 bits per heavy atom. The number of ether oxygens (including phenoxy) is 4. The number of carboxylic acid groups (broad SMARTS) is 2. The number of hydrogen-bond acceptors (Lipinski definition) is 7. The molecular weight excluding hydrogens is 418 g/mol. The van der Waals surface area contributed by atoms with E-state index in [-0.39, 0.29) is 13.6 Å². The molecule has 5 heterocycles. The zero-order valence-electron chi connectivity index (χ0n) is 16.4. The second-order valence-corrected chi connectivity index (χ2v) is 8.36. The van der Waals surface area contributed by atoms with Crippen molar-refractivity contribution in [1.82, 2.24) is 0 Å². The van der Waals surface area contributed by atoms with Crippen LogP contribution in [-0.2, 0) is 9.59 Å². The van der Waals surface area contributed by atoms with Gasteiger partial charge in [0, 0.05) is 11.6 Å². The van der Waals surface area contributed by atoms with Crippen molar-refractivity contribution in [2.24, 2.45) is 11.8 Å². The number of fused-ring (bicyclic) bond motifs is 4. The zero-order chi connectivity index (χ0) is 21.7. The van der Waals surface area contributed by atoms with E-state index in [9.17, 15) is 19.8 Å². The van der Waals surface area contributed by atoms with Crippen molar-refractivity contribution < 1.29 is 43.3 Å². The van der Waals surface area contributed by atoms with Crippen LogP contribution in [-0.4, -0.2) is 30.6 Å². The van der Waals surface area contributed by atoms with E-state index in [1.165, 1.54) is 0 Å². The molecule has 0 unspecified atom stereocenters. The molecule has 9 heteroatoms. The molecule has 4 aliphatic heterocycles. The Balaban J connectivity index is 1.58. The highest BCUT2D eigenvalue weighted by molar-refractivity contribution is 5.85. The minimum atomic E-state index is -1.40. The van der Waals surface area contributed by atoms with Crippen molar-refractivity contribution >= 4 is 22.8 Å². The number of carbonyl (C=O) groups is 2. The van der Waals surface area contributed by atoms with Gasteiger partial charge < -0.3 is 34.0 Å². The minimum Gasteiger partial charge on any atom is -0.550 e. The quantitative estimate of drug-likeness (QED) is 0.587. The molecule has 8 rings (SSSR count). The standard InChI is InChI=1S/C23H15NO8/c25-22(26)19-18-10-4-15-16(31-8-30-15)5-11(10)21(20(19)23(27)28)24-12(18)2-1-9-3-14-17(6-13(9)24)32-7-29-14/h1-6,18-21H,7-8H2,(H-,25,26,27,28)/t18-,19+,20-,21-/m0/s1. The lowest BCUT2D eigenvalue weighted by Gasteiger charge is -2.44. The predicted octanol–water partition coefficient (Wildman–Crippen LogP) is 0.700. The highest BCUT2D eigenvalue weighted by Crippen LogP contribution is 2.55. The molecule has 0 fully saturated rings. The van der Waals surface area contributed by atoms with Gasteiger partial charge in [-0.15, -0.1) is 0 Å². The molecule has 0 amide bonds. The Bertz CT molecular complexity index is 1380. The van der Waals surface area contributed by atoms with Crippen molar-refractivity contribution in [3.8, 4) is 23.0 Å². The Kier molecular flexibility index (Phi) is 3.21. The van der Waals surface area contributed by atoms with Crippen LogP contribution in [0.25, 0.3) is 10.9 Å². The molecule has 32 heavy (non-hydrogen) atoms. The van der Waals surface area contributed by atoms with Crippen LogP contribution in [0.2, 0.25) is 0 Å². The lowest BCUT2D eigenvalue weighted by atomic mass is 9.61. The van der Waals surface area contributed by atoms with Crippen LogP contribution < -0.4 is 28.6 Å². The van der Waals surface area contributed by atoms with Crippen molar-refractivity contribution in [2.45, 2.75) is 12.0 Å². The molecule has 1 aromatic heterocycles. The first kappa shape index (κ1) is 17.6. The summed E-state index contributed by atoms with van der Waals surface area (Å²) in [5, 5.41) is 23.2. The number of carbonyl (C=O) groups excluding carboxylic acids is 1. The second kappa shape index (κ2) is 5.82. The first-order chi connectivity index (χ1) is 15.5. The number of rotatable bonds is 2. The van der Waals surface area contributed by atoms with Crippen LogP contribution in [0.15, 0.2) is 36.4 Å². The number of aliphatic carboxylic acids is 2. The van der Waals surface area contributed by atoms with Gasteiger partial charge in [-0.3, -0.25) is 4.79 Å². The topological polar surface area (TPSA) is 118 Å². The van der Waals surface area contributed by atoms with E-state index in [0.717, 1.165) is 22.2 Å². The summed E-state index contributed by atoms with van der Waals surface area (Å²) in [6.07, 6.45) is 0. The van der Waals surface area contributed by atoms with Gasteiger partial charge >= 0.3 is 5.97 Å². The van der Waals surface area contributed by atoms with E-state index in [4.69, 9.17) is 18.9 Å². The van der Waals surface area contributed by atoms with Crippen LogP contribution in [0.3, 0.4) is 0 Å². The monoisotopic (exact) mass is 433 g/mol. The summed E-state index contributed by atoms with van der Waals surface area (Å²) in [7, 11) is 0. The first-order valence-electron chi connectivity index (χ1n) is 10.2. The summed E-state index contributed by atoms with van der Waals surface area (Å²) in [4.78, 5) is 24.7. The summed E-state index contributed by atoms with van der Waals surface area (Å²) in [6, 6.07) is 10.2. The van der Waals surface area contributed by atoms with E-state index >= 15 is 0 Å². The van der Waals surface area contributed by atoms with Crippen LogP contribution in [0, 0.1) is 11.8 Å². The number of benzene rings is 2. The van der Waals surface area contributed by atoms with Crippen molar-refractivity contribution in [3.63, 3.8) is 0 Å². The number of hydrogen-bond donors (Lipinski definition) is 1. The molecular formula is C23H15NO8. The molecule has 3 aromatic rings. The van der Waals surface area contributed by atoms with Crippen LogP contribution in [0.5, 0.6) is 23.0 Å². The second-order valence-electron chi connectivity index (χ2n) is 8.36. The minimum absolute atomic E-state index is 0.0618. The summed E-state index contributed by atoms with van der Waals surface area (Å²) in [5.74, 6) is -3.49. The summed E-state index contributed by atoms with van der Waals surface area (Å²) in [6.45, 7) is 0.173. The van der Waals surface area contributed by atoms with E-state index in [0.29, 0.717) is 28.6 Å². The molecule has 0 saturated heterocycles. The third-order valence-electron chi connectivity index (χ3n) is 6.97. The summed E-state index contributed by atoms with van der Waals surface area (Å²) in [5.41, 5.74) is 2.90. The molecule has 0 saturated carbocycles. The highest BCUT2D eigenvalue weighted by Gasteiger charge is 2.60. The molecule has 2 bridgehead atoms. The van der Waals surface area contributed by atoms with Gasteiger partial charge in [-0.25, -0.2) is 0 Å². The van der Waals surface area contributed by atoms with Gasteiger partial charge in [0.15, 0.2) is 34.7 Å². The third kappa shape index (κ3) is 2.05. The van der Waals surface area contributed by atoms with Crippen molar-refractivity contribution in [1.29, 1.82) is 0 Å². The predicted molar refractivity (Wildman–Crippen MR) is 102 cm³/mol. The summed E-state index contributed by atoms with van der Waals surface area (Å²) >= 11 is 0. The normalized spacial score (nSPS) is 25.5. The fraction of sp³-hybridized carbons (Fsp3) is 0.261. The Labute approximate surface area is 180 Å². The maximum atomic E-state index is 12.3. The van der Waals surface area contributed by atoms with E-state index in [1.54, 1.807) is 12.1 Å². The zero-order valence-corrected chi connectivity index (χ0v) is 16.4. The number of carboxylic acids is 2. The average Bonchev–Trinajstić information content (AvgIpc) is 3.43. The van der Waals surface area contributed by atoms with Gasteiger partial charge in [-0.05, 0) is 29.8 Å². The van der Waals surface area contributed by atoms with Crippen LogP contribution in [0.4, 0.5) is 0 Å². The van der Waals surface area contributed by atoms with Gasteiger partial charge in [0.1, 0.15) is 0 Å². The molecule has 2 aromatic carbocycles. The maximum Gasteiger partial charge on any atom is 0.308 e. The van der Waals surface area contributed by atoms with E-state index in [2.05, 4.69) is 0 Å². The van der Waals surface area contributed by atoms with Gasteiger partial charge in [0.25, 0.3) is 0 Å². The molecule has 5 aliphatic rings. The van der Waals surface area contributed by atoms with Crippen LogP contribution >= 0.6 is 0 Å². The molecule has 0 spiro atoms. The van der Waals surface area contributed by atoms with Gasteiger partial charge in [0.05, 0.1) is 35.2 Å². The van der Waals surface area contributed by atoms with Crippen LogP contribution in [0.1, 0.15) is 28.8 Å². The van der Waals surface area contributed by atoms with E-state index < -0.39 is 35.7 Å². The number of pyridine rings is 1. The Morgan fingerprint density at radius 3 is 2.16 bits per heavy atom. The number of nitrogens with zero attached hydrogens (tertiary/aromatic N) is 1.